The van der Waals surface area contributed by atoms with Crippen molar-refractivity contribution in [2.75, 3.05) is 30.3 Å². The summed E-state index contributed by atoms with van der Waals surface area (Å²) in [5, 5.41) is 5.67. The number of anilines is 2. The Morgan fingerprint density at radius 1 is 0.774 bits per heavy atom. The Morgan fingerprint density at radius 3 is 1.71 bits per heavy atom. The molecule has 0 fully saturated rings. The zero-order valence-corrected chi connectivity index (χ0v) is 18.0. The smallest absolute Gasteiger partial charge is 0.238 e. The van der Waals surface area contributed by atoms with Crippen LogP contribution in [0, 0.1) is 0 Å². The third-order valence-corrected chi connectivity index (χ3v) is 5.15. The van der Waals surface area contributed by atoms with Gasteiger partial charge in [-0.25, -0.2) is 0 Å². The average Bonchev–Trinajstić information content (AvgIpc) is 2.78. The van der Waals surface area contributed by atoms with Crippen molar-refractivity contribution >= 4 is 23.2 Å². The summed E-state index contributed by atoms with van der Waals surface area (Å²) < 4.78 is 0. The van der Waals surface area contributed by atoms with Crippen LogP contribution in [-0.2, 0) is 9.59 Å². The summed E-state index contributed by atoms with van der Waals surface area (Å²) in [7, 11) is 0. The molecule has 0 spiro atoms. The molecule has 3 aromatic carbocycles. The van der Waals surface area contributed by atoms with Crippen LogP contribution in [0.3, 0.4) is 0 Å². The van der Waals surface area contributed by atoms with Gasteiger partial charge < -0.3 is 10.6 Å². The Kier molecular flexibility index (Phi) is 7.96. The summed E-state index contributed by atoms with van der Waals surface area (Å²) in [4.78, 5) is 26.0. The number of likely N-dealkylation sites (N-methyl/N-ethyl adjacent to an activating group) is 1. The van der Waals surface area contributed by atoms with E-state index in [9.17, 15) is 9.59 Å². The van der Waals surface area contributed by atoms with Crippen LogP contribution in [0.25, 0.3) is 0 Å². The average molecular weight is 416 g/mol. The maximum absolute atomic E-state index is 12.7. The van der Waals surface area contributed by atoms with E-state index in [1.165, 1.54) is 18.1 Å². The number of amides is 2. The number of nitrogens with zero attached hydrogens (tertiary/aromatic N) is 1. The van der Waals surface area contributed by atoms with Crippen molar-refractivity contribution in [1.82, 2.24) is 4.90 Å². The van der Waals surface area contributed by atoms with Gasteiger partial charge in [0.2, 0.25) is 11.8 Å². The molecular formula is C26H29N3O2. The van der Waals surface area contributed by atoms with Crippen molar-refractivity contribution in [3.8, 4) is 0 Å². The predicted molar refractivity (Wildman–Crippen MR) is 126 cm³/mol. The molecule has 0 saturated carbocycles. The molecule has 0 aliphatic rings. The van der Waals surface area contributed by atoms with Crippen molar-refractivity contribution in [2.45, 2.75) is 19.8 Å². The van der Waals surface area contributed by atoms with Gasteiger partial charge in [-0.1, -0.05) is 67.6 Å². The highest BCUT2D eigenvalue weighted by atomic mass is 16.2. The van der Waals surface area contributed by atoms with Gasteiger partial charge in [0.05, 0.1) is 6.54 Å². The Balaban J connectivity index is 1.66. The molecule has 0 aliphatic heterocycles. The lowest BCUT2D eigenvalue weighted by atomic mass is 9.91. The van der Waals surface area contributed by atoms with Crippen LogP contribution in [-0.4, -0.2) is 36.3 Å². The second-order valence-electron chi connectivity index (χ2n) is 7.51. The fourth-order valence-corrected chi connectivity index (χ4v) is 3.58. The Hall–Kier alpha value is -3.44. The van der Waals surface area contributed by atoms with E-state index in [1.807, 2.05) is 12.1 Å². The lowest BCUT2D eigenvalue weighted by Crippen LogP contribution is -2.36. The molecule has 5 nitrogen and oxygen atoms in total. The molecule has 0 unspecified atom stereocenters. The normalized spacial score (nSPS) is 10.8. The Labute approximate surface area is 184 Å². The Morgan fingerprint density at radius 2 is 1.26 bits per heavy atom. The van der Waals surface area contributed by atoms with E-state index < -0.39 is 0 Å². The minimum Gasteiger partial charge on any atom is -0.326 e. The van der Waals surface area contributed by atoms with E-state index in [0.717, 1.165) is 13.1 Å². The molecular weight excluding hydrogens is 386 g/mol. The highest BCUT2D eigenvalue weighted by Crippen LogP contribution is 2.25. The monoisotopic (exact) mass is 415 g/mol. The fraction of sp³-hybridized carbons (Fsp3) is 0.231. The van der Waals surface area contributed by atoms with Crippen molar-refractivity contribution in [2.24, 2.45) is 0 Å². The van der Waals surface area contributed by atoms with E-state index in [0.29, 0.717) is 17.9 Å². The maximum atomic E-state index is 12.7. The lowest BCUT2D eigenvalue weighted by Gasteiger charge is -2.27. The minimum absolute atomic E-state index is 0.0611. The quantitative estimate of drug-likeness (QED) is 0.531. The van der Waals surface area contributed by atoms with Crippen molar-refractivity contribution in [3.05, 3.63) is 96.1 Å². The molecule has 3 rings (SSSR count). The zero-order valence-electron chi connectivity index (χ0n) is 18.0. The summed E-state index contributed by atoms with van der Waals surface area (Å²) in [5.74, 6) is 0.00264. The summed E-state index contributed by atoms with van der Waals surface area (Å²) >= 11 is 0. The van der Waals surface area contributed by atoms with Crippen molar-refractivity contribution < 1.29 is 9.59 Å². The van der Waals surface area contributed by atoms with Gasteiger partial charge in [0.15, 0.2) is 0 Å². The fourth-order valence-electron chi connectivity index (χ4n) is 3.58. The highest BCUT2D eigenvalue weighted by Gasteiger charge is 2.19. The lowest BCUT2D eigenvalue weighted by molar-refractivity contribution is -0.117. The van der Waals surface area contributed by atoms with Crippen LogP contribution < -0.4 is 10.6 Å². The molecule has 2 N–H and O–H groups in total. The summed E-state index contributed by atoms with van der Waals surface area (Å²) in [6, 6.07) is 27.9. The first kappa shape index (κ1) is 22.2. The minimum atomic E-state index is -0.123. The van der Waals surface area contributed by atoms with Gasteiger partial charge in [-0.3, -0.25) is 14.5 Å². The molecule has 0 aromatic heterocycles. The zero-order chi connectivity index (χ0) is 22.1. The number of rotatable bonds is 9. The maximum Gasteiger partial charge on any atom is 0.238 e. The van der Waals surface area contributed by atoms with Gasteiger partial charge in [-0.15, -0.1) is 0 Å². The second-order valence-corrected chi connectivity index (χ2v) is 7.51. The van der Waals surface area contributed by atoms with E-state index >= 15 is 0 Å². The summed E-state index contributed by atoms with van der Waals surface area (Å²) in [6.45, 7) is 5.36. The summed E-state index contributed by atoms with van der Waals surface area (Å²) in [6.07, 6.45) is 0. The number of hydrogen-bond acceptors (Lipinski definition) is 3. The molecule has 0 bridgehead atoms. The SMILES string of the molecule is CCN(CC(=O)Nc1ccc(NC(C)=O)cc1)CC(c1ccccc1)c1ccccc1. The molecule has 2 amide bonds. The molecule has 0 radical (unpaired) electrons. The first-order chi connectivity index (χ1) is 15.0. The van der Waals surface area contributed by atoms with Crippen molar-refractivity contribution in [1.29, 1.82) is 0 Å². The van der Waals surface area contributed by atoms with Crippen LogP contribution in [0.4, 0.5) is 11.4 Å². The van der Waals surface area contributed by atoms with E-state index in [2.05, 4.69) is 71.0 Å². The topological polar surface area (TPSA) is 61.4 Å². The van der Waals surface area contributed by atoms with E-state index in [1.54, 1.807) is 24.3 Å². The van der Waals surface area contributed by atoms with Gasteiger partial charge in [-0.2, -0.15) is 0 Å². The largest absolute Gasteiger partial charge is 0.326 e. The van der Waals surface area contributed by atoms with Crippen LogP contribution in [0.2, 0.25) is 0 Å². The third-order valence-electron chi connectivity index (χ3n) is 5.15. The second kappa shape index (κ2) is 11.1. The van der Waals surface area contributed by atoms with Crippen LogP contribution in [0.5, 0.6) is 0 Å². The third kappa shape index (κ3) is 6.79. The van der Waals surface area contributed by atoms with Gasteiger partial charge >= 0.3 is 0 Å². The number of carbonyl (C=O) groups is 2. The van der Waals surface area contributed by atoms with Crippen LogP contribution in [0.1, 0.15) is 30.9 Å². The van der Waals surface area contributed by atoms with Gasteiger partial charge in [0, 0.05) is 30.8 Å². The van der Waals surface area contributed by atoms with Crippen molar-refractivity contribution in [3.63, 3.8) is 0 Å². The standard InChI is InChI=1S/C26H29N3O2/c1-3-29(19-26(31)28-24-16-14-23(15-17-24)27-20(2)30)18-25(21-10-6-4-7-11-21)22-12-8-5-9-13-22/h4-17,25H,3,18-19H2,1-2H3,(H,27,30)(H,28,31). The summed E-state index contributed by atoms with van der Waals surface area (Å²) in [5.41, 5.74) is 3.88. The molecule has 160 valence electrons. The molecule has 0 aliphatic carbocycles. The molecule has 0 saturated heterocycles. The molecule has 0 heterocycles. The van der Waals surface area contributed by atoms with Gasteiger partial charge in [0.25, 0.3) is 0 Å². The Bertz CT molecular complexity index is 933. The van der Waals surface area contributed by atoms with E-state index in [-0.39, 0.29) is 17.7 Å². The number of nitrogens with one attached hydrogen (secondary N) is 2. The predicted octanol–water partition coefficient (Wildman–Crippen LogP) is 4.74. The first-order valence-electron chi connectivity index (χ1n) is 10.5. The molecule has 31 heavy (non-hydrogen) atoms. The molecule has 3 aromatic rings. The number of hydrogen-bond donors (Lipinski definition) is 2. The van der Waals surface area contributed by atoms with Gasteiger partial charge in [0.1, 0.15) is 0 Å². The van der Waals surface area contributed by atoms with Crippen LogP contribution >= 0.6 is 0 Å². The first-order valence-corrected chi connectivity index (χ1v) is 10.5. The van der Waals surface area contributed by atoms with Gasteiger partial charge in [-0.05, 0) is 41.9 Å². The molecule has 5 heteroatoms. The van der Waals surface area contributed by atoms with Crippen LogP contribution in [0.15, 0.2) is 84.9 Å². The highest BCUT2D eigenvalue weighted by molar-refractivity contribution is 5.93. The van der Waals surface area contributed by atoms with E-state index in [4.69, 9.17) is 0 Å². The number of carbonyl (C=O) groups excluding carboxylic acids is 2. The molecule has 0 atom stereocenters. The number of benzene rings is 3.